The third kappa shape index (κ3) is 8.19. The molecule has 71 heavy (non-hydrogen) atoms. The van der Waals surface area contributed by atoms with Crippen molar-refractivity contribution in [3.05, 3.63) is 213 Å². The summed E-state index contributed by atoms with van der Waals surface area (Å²) in [6.45, 7) is 0.281. The van der Waals surface area contributed by atoms with Crippen molar-refractivity contribution in [2.75, 3.05) is 0 Å². The molecule has 24 heteroatoms. The van der Waals surface area contributed by atoms with E-state index in [2.05, 4.69) is 41.5 Å². The monoisotopic (exact) mass is 1040 g/mol. The number of hydrogen-bond donors (Lipinski definition) is 1. The highest BCUT2D eigenvalue weighted by Gasteiger charge is 2.52. The summed E-state index contributed by atoms with van der Waals surface area (Å²) >= 11 is 4.61. The van der Waals surface area contributed by atoms with E-state index >= 15 is 35.1 Å². The maximum atomic E-state index is 15.4. The Morgan fingerprint density at radius 2 is 0.676 bits per heavy atom. The molecule has 2 nitrogen and oxygen atoms in total. The number of fused-ring (bicyclic) bond motifs is 1. The summed E-state index contributed by atoms with van der Waals surface area (Å²) in [4.78, 5) is 13.8. The van der Waals surface area contributed by atoms with Crippen LogP contribution in [0.4, 0.5) is 87.8 Å². The Morgan fingerprint density at radius 1 is 0.366 bits per heavy atom. The zero-order chi connectivity index (χ0) is 52.3. The van der Waals surface area contributed by atoms with Gasteiger partial charge in [0.15, 0.2) is 69.8 Å². The SMILES string of the molecule is Fc1c(F)c(F)c([B-](c2c(F)c(F)c(F)c(F)c2F)(c2c(F)c(F)c(F)c(F)c2F)c2c(F)c(F)c(F)c(F)c2F)c(F)c1F.O=C(C[n+]1c(-c2ccccc2S)ccc2ccccc21)c1ccccc1. The highest BCUT2D eigenvalue weighted by molar-refractivity contribution is 7.80. The Labute approximate surface area is 389 Å². The van der Waals surface area contributed by atoms with Gasteiger partial charge in [-0.25, -0.2) is 87.8 Å². The maximum absolute atomic E-state index is 15.4. The Kier molecular flexibility index (Phi) is 14.1. The topological polar surface area (TPSA) is 20.9 Å². The van der Waals surface area contributed by atoms with Crippen LogP contribution >= 0.6 is 12.6 Å². The molecule has 0 aliphatic rings. The number of hydrogen-bond acceptors (Lipinski definition) is 2. The average molecular weight is 1040 g/mol. The number of carbonyl (C=O) groups is 1. The Hall–Kier alpha value is -7.37. The van der Waals surface area contributed by atoms with E-state index in [1.165, 1.54) is 0 Å². The van der Waals surface area contributed by atoms with Gasteiger partial charge in [-0.3, -0.25) is 4.79 Å². The van der Waals surface area contributed by atoms with Gasteiger partial charge in [0.1, 0.15) is 52.7 Å². The van der Waals surface area contributed by atoms with E-state index < -0.39 is 144 Å². The summed E-state index contributed by atoms with van der Waals surface area (Å²) in [6.07, 6.45) is -7.22. The largest absolute Gasteiger partial charge is 0.287 e. The van der Waals surface area contributed by atoms with E-state index in [4.69, 9.17) is 0 Å². The molecule has 0 bridgehead atoms. The second-order valence-electron chi connectivity index (χ2n) is 15.0. The van der Waals surface area contributed by atoms with E-state index in [9.17, 15) is 57.5 Å². The van der Waals surface area contributed by atoms with Crippen LogP contribution in [0.3, 0.4) is 0 Å². The van der Waals surface area contributed by atoms with Crippen LogP contribution in [0.5, 0.6) is 0 Å². The van der Waals surface area contributed by atoms with Gasteiger partial charge in [0, 0.05) is 28.0 Å². The van der Waals surface area contributed by atoms with Crippen molar-refractivity contribution in [1.29, 1.82) is 0 Å². The standard InChI is InChI=1S/C24BF20.C23H17NOS/c26-5-1(6(27)14(35)21(42)13(5)34)25(2-7(28)15(36)22(43)16(37)8(2)29,3-9(30)17(38)23(44)18(39)10(3)31)4-11(32)19(40)24(45)20(41)12(4)33;25-22(18-9-2-1-3-10-18)16-24-20-12-6-4-8-17(20)14-15-21(24)19-11-5-7-13-23(19)26/h;1-15H,16H2/q-1;/p+1. The Morgan fingerprint density at radius 3 is 1.04 bits per heavy atom. The van der Waals surface area contributed by atoms with Crippen LogP contribution in [0.15, 0.2) is 95.9 Å². The lowest BCUT2D eigenvalue weighted by Gasteiger charge is -2.44. The van der Waals surface area contributed by atoms with Crippen LogP contribution in [0.1, 0.15) is 10.4 Å². The smallest absolute Gasteiger partial charge is 0.227 e. The number of halogens is 20. The van der Waals surface area contributed by atoms with Crippen LogP contribution in [-0.4, -0.2) is 11.9 Å². The van der Waals surface area contributed by atoms with Gasteiger partial charge in [-0.2, -0.15) is 4.57 Å². The minimum Gasteiger partial charge on any atom is -0.287 e. The molecule has 0 unspecified atom stereocenters. The summed E-state index contributed by atoms with van der Waals surface area (Å²) in [5.41, 5.74) is -10.6. The third-order valence-electron chi connectivity index (χ3n) is 11.2. The summed E-state index contributed by atoms with van der Waals surface area (Å²) < 4.78 is 296. The summed E-state index contributed by atoms with van der Waals surface area (Å²) in [5, 5.41) is 1.11. The zero-order valence-electron chi connectivity index (χ0n) is 34.3. The van der Waals surface area contributed by atoms with Crippen molar-refractivity contribution < 1.29 is 97.2 Å². The highest BCUT2D eigenvalue weighted by atomic mass is 32.1. The predicted octanol–water partition coefficient (Wildman–Crippen LogP) is 10.8. The molecule has 0 aliphatic heterocycles. The van der Waals surface area contributed by atoms with Crippen molar-refractivity contribution in [3.8, 4) is 11.3 Å². The normalized spacial score (nSPS) is 11.6. The van der Waals surface area contributed by atoms with Crippen LogP contribution in [0, 0.1) is 116 Å². The first-order chi connectivity index (χ1) is 33.4. The highest BCUT2D eigenvalue weighted by Crippen LogP contribution is 2.31. The van der Waals surface area contributed by atoms with Gasteiger partial charge in [-0.05, 0) is 24.3 Å². The molecule has 0 aliphatic carbocycles. The number of aromatic nitrogens is 1. The molecule has 0 amide bonds. The van der Waals surface area contributed by atoms with E-state index in [1.807, 2.05) is 66.7 Å². The average Bonchev–Trinajstić information content (AvgIpc) is 3.37. The maximum Gasteiger partial charge on any atom is 0.227 e. The van der Waals surface area contributed by atoms with Crippen molar-refractivity contribution >= 4 is 57.3 Å². The van der Waals surface area contributed by atoms with Crippen LogP contribution in [-0.2, 0) is 6.54 Å². The van der Waals surface area contributed by atoms with Gasteiger partial charge in [0.05, 0.1) is 5.56 Å². The van der Waals surface area contributed by atoms with Crippen molar-refractivity contribution in [3.63, 3.8) is 0 Å². The molecule has 0 atom stereocenters. The molecule has 0 saturated carbocycles. The Balaban J connectivity index is 0.000000240. The molecule has 0 saturated heterocycles. The van der Waals surface area contributed by atoms with Gasteiger partial charge < -0.3 is 0 Å². The fraction of sp³-hybridized carbons (Fsp3) is 0.0213. The first-order valence-electron chi connectivity index (χ1n) is 19.5. The molecule has 0 spiro atoms. The third-order valence-corrected chi connectivity index (χ3v) is 11.6. The van der Waals surface area contributed by atoms with Crippen LogP contribution < -0.4 is 26.4 Å². The summed E-state index contributed by atoms with van der Waals surface area (Å²) in [7, 11) is 0. The lowest BCUT2D eigenvalue weighted by Crippen LogP contribution is -2.81. The number of ketones is 1. The minimum absolute atomic E-state index is 0.0878. The minimum atomic E-state index is -7.22. The molecule has 0 fully saturated rings. The molecule has 8 aromatic rings. The first kappa shape index (κ1) is 51.5. The molecule has 8 rings (SSSR count). The second kappa shape index (κ2) is 19.4. The predicted molar refractivity (Wildman–Crippen MR) is 217 cm³/mol. The number of pyridine rings is 1. The number of carbonyl (C=O) groups excluding carboxylic acids is 1. The fourth-order valence-electron chi connectivity index (χ4n) is 8.09. The molecular weight excluding hydrogens is 1020 g/mol. The number of rotatable bonds is 8. The van der Waals surface area contributed by atoms with Gasteiger partial charge in [-0.1, -0.05) is 54.6 Å². The van der Waals surface area contributed by atoms with Gasteiger partial charge >= 0.3 is 0 Å². The van der Waals surface area contributed by atoms with Crippen molar-refractivity contribution in [2.24, 2.45) is 0 Å². The Bertz CT molecular complexity index is 3120. The second-order valence-corrected chi connectivity index (χ2v) is 15.5. The number of nitrogens with zero attached hydrogens (tertiary/aromatic N) is 1. The lowest BCUT2D eigenvalue weighted by molar-refractivity contribution is -0.646. The van der Waals surface area contributed by atoms with Crippen LogP contribution in [0.2, 0.25) is 0 Å². The van der Waals surface area contributed by atoms with Crippen LogP contribution in [0.25, 0.3) is 22.2 Å². The number of thiol groups is 1. The van der Waals surface area contributed by atoms with E-state index in [0.717, 1.165) is 32.6 Å². The number of Topliss-reactive ketones (excluding diaryl/α,β-unsaturated/α-hetero) is 1. The molecule has 1 heterocycles. The van der Waals surface area contributed by atoms with Gasteiger partial charge in [-0.15, -0.1) is 34.5 Å². The van der Waals surface area contributed by atoms with E-state index in [-0.39, 0.29) is 12.3 Å². The molecule has 1 aromatic heterocycles. The van der Waals surface area contributed by atoms with Gasteiger partial charge in [0.25, 0.3) is 0 Å². The first-order valence-corrected chi connectivity index (χ1v) is 19.9. The lowest BCUT2D eigenvalue weighted by atomic mass is 9.12. The molecule has 0 radical (unpaired) electrons. The van der Waals surface area contributed by atoms with Crippen molar-refractivity contribution in [2.45, 2.75) is 11.4 Å². The fourth-order valence-corrected chi connectivity index (χ4v) is 8.37. The number of benzene rings is 7. The summed E-state index contributed by atoms with van der Waals surface area (Å²) in [6, 6.07) is 29.7. The molecular formula is C47H18BF20NOS. The number of para-hydroxylation sites is 1. The molecule has 0 N–H and O–H groups in total. The zero-order valence-corrected chi connectivity index (χ0v) is 35.2. The van der Waals surface area contributed by atoms with Gasteiger partial charge in [0.2, 0.25) is 23.5 Å². The summed E-state index contributed by atoms with van der Waals surface area (Å²) in [5.74, 6) is -71.3. The van der Waals surface area contributed by atoms with Crippen molar-refractivity contribution in [1.82, 2.24) is 0 Å². The molecule has 7 aromatic carbocycles. The quantitative estimate of drug-likeness (QED) is 0.0306. The molecule has 366 valence electrons. The van der Waals surface area contributed by atoms with E-state index in [1.54, 1.807) is 0 Å². The van der Waals surface area contributed by atoms with E-state index in [0.29, 0.717) is 0 Å².